The summed E-state index contributed by atoms with van der Waals surface area (Å²) in [7, 11) is 0. The van der Waals surface area contributed by atoms with Gasteiger partial charge in [-0.25, -0.2) is 0 Å². The summed E-state index contributed by atoms with van der Waals surface area (Å²) >= 11 is 23.6. The molecule has 0 spiro atoms. The molecule has 29 heavy (non-hydrogen) atoms. The Balaban J connectivity index is 1.81. The Bertz CT molecular complexity index is 1120. The number of phenols is 1. The van der Waals surface area contributed by atoms with Crippen LogP contribution in [0.1, 0.15) is 20.7 Å². The van der Waals surface area contributed by atoms with E-state index in [1.165, 1.54) is 36.4 Å². The van der Waals surface area contributed by atoms with Crippen LogP contribution in [-0.4, -0.2) is 16.9 Å². The van der Waals surface area contributed by atoms with Gasteiger partial charge in [0, 0.05) is 16.9 Å². The number of anilines is 2. The number of carbonyl (C=O) groups excluding carboxylic acids is 2. The van der Waals surface area contributed by atoms with Crippen LogP contribution in [0, 0.1) is 0 Å². The lowest BCUT2D eigenvalue weighted by molar-refractivity contribution is 0.102. The van der Waals surface area contributed by atoms with Gasteiger partial charge in [-0.05, 0) is 54.6 Å². The summed E-state index contributed by atoms with van der Waals surface area (Å²) in [5.74, 6) is -1.40. The number of hydrogen-bond donors (Lipinski definition) is 3. The van der Waals surface area contributed by atoms with Crippen LogP contribution < -0.4 is 10.6 Å². The van der Waals surface area contributed by atoms with Gasteiger partial charge in [0.05, 0.1) is 25.7 Å². The molecule has 0 atom stereocenters. The number of phenolic OH excluding ortho intramolecular Hbond substituents is 1. The SMILES string of the molecule is O=C(Nc1ccc(Cl)c(Cl)c1)c1ccc(O)c(C(=O)Nc2ccc(Cl)c(Cl)c2)c1. The number of halogens is 4. The Morgan fingerprint density at radius 1 is 0.655 bits per heavy atom. The highest BCUT2D eigenvalue weighted by Gasteiger charge is 2.16. The van der Waals surface area contributed by atoms with Crippen molar-refractivity contribution in [2.45, 2.75) is 0 Å². The Labute approximate surface area is 186 Å². The van der Waals surface area contributed by atoms with Crippen LogP contribution in [0.15, 0.2) is 54.6 Å². The van der Waals surface area contributed by atoms with Crippen LogP contribution in [0.25, 0.3) is 0 Å². The molecule has 0 unspecified atom stereocenters. The van der Waals surface area contributed by atoms with Crippen LogP contribution in [0.4, 0.5) is 11.4 Å². The number of nitrogens with one attached hydrogen (secondary N) is 2. The number of carbonyl (C=O) groups is 2. The molecule has 5 nitrogen and oxygen atoms in total. The molecule has 0 saturated heterocycles. The molecule has 3 N–H and O–H groups in total. The second-order valence-corrected chi connectivity index (χ2v) is 7.53. The normalized spacial score (nSPS) is 10.5. The van der Waals surface area contributed by atoms with E-state index in [2.05, 4.69) is 10.6 Å². The van der Waals surface area contributed by atoms with E-state index in [1.807, 2.05) is 0 Å². The van der Waals surface area contributed by atoms with Crippen molar-refractivity contribution in [2.75, 3.05) is 10.6 Å². The van der Waals surface area contributed by atoms with Crippen LogP contribution in [0.2, 0.25) is 20.1 Å². The Kier molecular flexibility index (Phi) is 6.55. The summed E-state index contributed by atoms with van der Waals surface area (Å²) < 4.78 is 0. The van der Waals surface area contributed by atoms with Crippen molar-refractivity contribution in [3.63, 3.8) is 0 Å². The van der Waals surface area contributed by atoms with Crippen molar-refractivity contribution in [1.82, 2.24) is 0 Å². The molecule has 2 amide bonds. The highest BCUT2D eigenvalue weighted by atomic mass is 35.5. The zero-order valence-corrected chi connectivity index (χ0v) is 17.5. The van der Waals surface area contributed by atoms with Gasteiger partial charge in [-0.3, -0.25) is 9.59 Å². The lowest BCUT2D eigenvalue weighted by Gasteiger charge is -2.10. The highest BCUT2D eigenvalue weighted by molar-refractivity contribution is 6.42. The third kappa shape index (κ3) is 5.14. The number of benzene rings is 3. The molecule has 0 radical (unpaired) electrons. The lowest BCUT2D eigenvalue weighted by Crippen LogP contribution is -2.16. The van der Waals surface area contributed by atoms with Gasteiger partial charge in [-0.2, -0.15) is 0 Å². The molecular formula is C20H12Cl4N2O3. The zero-order chi connectivity index (χ0) is 21.1. The first kappa shape index (κ1) is 21.3. The maximum Gasteiger partial charge on any atom is 0.259 e. The third-order valence-corrected chi connectivity index (χ3v) is 5.34. The van der Waals surface area contributed by atoms with Gasteiger partial charge in [0.1, 0.15) is 5.75 Å². The molecule has 9 heteroatoms. The van der Waals surface area contributed by atoms with Crippen molar-refractivity contribution >= 4 is 69.6 Å². The van der Waals surface area contributed by atoms with Crippen molar-refractivity contribution in [1.29, 1.82) is 0 Å². The fourth-order valence-electron chi connectivity index (χ4n) is 2.41. The van der Waals surface area contributed by atoms with Gasteiger partial charge in [0.2, 0.25) is 0 Å². The molecule has 0 bridgehead atoms. The quantitative estimate of drug-likeness (QED) is 0.407. The summed E-state index contributed by atoms with van der Waals surface area (Å²) in [6.07, 6.45) is 0. The molecule has 0 fully saturated rings. The van der Waals surface area contributed by atoms with E-state index in [4.69, 9.17) is 46.4 Å². The van der Waals surface area contributed by atoms with Crippen LogP contribution in [0.5, 0.6) is 5.75 Å². The van der Waals surface area contributed by atoms with Crippen molar-refractivity contribution in [3.05, 3.63) is 85.8 Å². The Morgan fingerprint density at radius 2 is 1.17 bits per heavy atom. The van der Waals surface area contributed by atoms with Gasteiger partial charge in [-0.1, -0.05) is 46.4 Å². The maximum absolute atomic E-state index is 12.5. The molecular weight excluding hydrogens is 458 g/mol. The summed E-state index contributed by atoms with van der Waals surface area (Å²) in [5, 5.41) is 16.5. The highest BCUT2D eigenvalue weighted by Crippen LogP contribution is 2.27. The summed E-state index contributed by atoms with van der Waals surface area (Å²) in [5.41, 5.74) is 0.889. The van der Waals surface area contributed by atoms with Crippen LogP contribution in [0.3, 0.4) is 0 Å². The zero-order valence-electron chi connectivity index (χ0n) is 14.5. The Hall–Kier alpha value is -2.44. The van der Waals surface area contributed by atoms with Crippen molar-refractivity contribution in [3.8, 4) is 5.75 Å². The van der Waals surface area contributed by atoms with Crippen LogP contribution >= 0.6 is 46.4 Å². The van der Waals surface area contributed by atoms with E-state index in [-0.39, 0.29) is 26.9 Å². The molecule has 0 heterocycles. The molecule has 3 rings (SSSR count). The predicted octanol–water partition coefficient (Wildman–Crippen LogP) is 6.51. The topological polar surface area (TPSA) is 78.4 Å². The first-order chi connectivity index (χ1) is 13.7. The minimum Gasteiger partial charge on any atom is -0.507 e. The summed E-state index contributed by atoms with van der Waals surface area (Å²) in [4.78, 5) is 25.0. The third-order valence-electron chi connectivity index (χ3n) is 3.86. The average Bonchev–Trinajstić information content (AvgIpc) is 2.68. The fourth-order valence-corrected chi connectivity index (χ4v) is 3.00. The smallest absolute Gasteiger partial charge is 0.259 e. The van der Waals surface area contributed by atoms with Gasteiger partial charge < -0.3 is 15.7 Å². The van der Waals surface area contributed by atoms with Gasteiger partial charge in [0.15, 0.2) is 0 Å². The first-order valence-corrected chi connectivity index (χ1v) is 9.61. The Morgan fingerprint density at radius 3 is 1.69 bits per heavy atom. The number of amides is 2. The summed E-state index contributed by atoms with van der Waals surface area (Å²) in [6, 6.07) is 13.1. The predicted molar refractivity (Wildman–Crippen MR) is 117 cm³/mol. The standard InChI is InChI=1S/C20H12Cl4N2O3/c21-14-4-2-11(8-16(14)23)25-19(28)10-1-6-18(27)13(7-10)20(29)26-12-3-5-15(22)17(24)9-12/h1-9,27H,(H,25,28)(H,26,29). The van der Waals surface area contributed by atoms with Gasteiger partial charge >= 0.3 is 0 Å². The molecule has 3 aromatic rings. The molecule has 0 aliphatic rings. The van der Waals surface area contributed by atoms with Crippen molar-refractivity contribution < 1.29 is 14.7 Å². The molecule has 0 aliphatic carbocycles. The lowest BCUT2D eigenvalue weighted by atomic mass is 10.1. The molecule has 148 valence electrons. The molecule has 0 saturated carbocycles. The first-order valence-electron chi connectivity index (χ1n) is 8.10. The minimum absolute atomic E-state index is 0.0853. The van der Waals surface area contributed by atoms with E-state index < -0.39 is 11.8 Å². The molecule has 3 aromatic carbocycles. The van der Waals surface area contributed by atoms with E-state index in [0.717, 1.165) is 0 Å². The number of rotatable bonds is 4. The monoisotopic (exact) mass is 468 g/mol. The van der Waals surface area contributed by atoms with E-state index in [9.17, 15) is 14.7 Å². The van der Waals surface area contributed by atoms with E-state index in [1.54, 1.807) is 18.2 Å². The van der Waals surface area contributed by atoms with Gasteiger partial charge in [-0.15, -0.1) is 0 Å². The molecule has 0 aliphatic heterocycles. The van der Waals surface area contributed by atoms with E-state index in [0.29, 0.717) is 21.4 Å². The number of hydrogen-bond acceptors (Lipinski definition) is 3. The van der Waals surface area contributed by atoms with Gasteiger partial charge in [0.25, 0.3) is 11.8 Å². The van der Waals surface area contributed by atoms with Crippen molar-refractivity contribution in [2.24, 2.45) is 0 Å². The number of aromatic hydroxyl groups is 1. The largest absolute Gasteiger partial charge is 0.507 e. The fraction of sp³-hybridized carbons (Fsp3) is 0. The average molecular weight is 470 g/mol. The second kappa shape index (κ2) is 8.93. The minimum atomic E-state index is -0.620. The van der Waals surface area contributed by atoms with E-state index >= 15 is 0 Å². The maximum atomic E-state index is 12.5. The van der Waals surface area contributed by atoms with Crippen LogP contribution in [-0.2, 0) is 0 Å². The second-order valence-electron chi connectivity index (χ2n) is 5.90. The molecule has 0 aromatic heterocycles. The summed E-state index contributed by atoms with van der Waals surface area (Å²) in [6.45, 7) is 0.